The van der Waals surface area contributed by atoms with E-state index in [0.29, 0.717) is 12.8 Å². The summed E-state index contributed by atoms with van der Waals surface area (Å²) in [6, 6.07) is 0. The lowest BCUT2D eigenvalue weighted by molar-refractivity contribution is -0.379. The summed E-state index contributed by atoms with van der Waals surface area (Å²) < 4.78 is 45.8. The molecule has 0 amide bonds. The SMILES string of the molecule is CCC[C@H](O)CCCCCCCCCC(=O)O[C@H]1[C@H](O[C@H]2C(O)O[C@H](COC(C)=O)[C@@H](O)[C@@H]2O)O[C@@H](C)[C@H](OC(=O)[C@H](C)[C@@H](C)O)[C@H]1O[C@@H]1O[C@@H](C)[C@H](O)[C@@H](O)[C@H]1O. The van der Waals surface area contributed by atoms with Crippen molar-refractivity contribution in [2.24, 2.45) is 5.92 Å². The van der Waals surface area contributed by atoms with Crippen molar-refractivity contribution in [3.05, 3.63) is 0 Å². The van der Waals surface area contributed by atoms with Crippen molar-refractivity contribution < 1.29 is 93.1 Å². The van der Waals surface area contributed by atoms with Crippen LogP contribution in [0, 0.1) is 5.92 Å². The first-order valence-electron chi connectivity index (χ1n) is 20.6. The number of hydrogen-bond donors (Lipinski definition) is 8. The molecule has 0 aromatic rings. The maximum absolute atomic E-state index is 13.5. The van der Waals surface area contributed by atoms with Crippen LogP contribution >= 0.6 is 0 Å². The Morgan fingerprint density at radius 2 is 1.24 bits per heavy atom. The minimum atomic E-state index is -1.95. The van der Waals surface area contributed by atoms with Gasteiger partial charge in [0, 0.05) is 13.3 Å². The minimum absolute atomic E-state index is 0.0863. The van der Waals surface area contributed by atoms with Gasteiger partial charge in [-0.2, -0.15) is 0 Å². The second-order valence-electron chi connectivity index (χ2n) is 15.8. The van der Waals surface area contributed by atoms with Gasteiger partial charge in [-0.25, -0.2) is 0 Å². The normalized spacial score (nSPS) is 37.0. The molecule has 8 N–H and O–H groups in total. The number of carbonyl (C=O) groups excluding carboxylic acids is 3. The van der Waals surface area contributed by atoms with Crippen LogP contribution in [0.4, 0.5) is 0 Å². The number of aliphatic hydroxyl groups is 8. The van der Waals surface area contributed by atoms with E-state index in [1.165, 1.54) is 27.7 Å². The predicted molar refractivity (Wildman–Crippen MR) is 199 cm³/mol. The molecule has 3 heterocycles. The standard InChI is InChI=1S/C39H68O19/c1-7-15-24(42)16-13-11-9-8-10-12-14-17-26(43)55-35-34(58-38-31(48)29(46)27(44)21(4)52-38)32(56-36(49)19(2)20(3)40)22(5)53-39(35)57-33-30(47)28(45)25(54-37(33)50)18-51-23(6)41/h19-22,24-25,27-35,37-40,42,44-48,50H,7-18H2,1-6H3/t19-,20-,21+,22+,24+,25-,27+,28-,29-,30+,31-,32+,33-,34-,35-,37?,38+,39+/m1/s1. The molecule has 3 rings (SSSR count). The molecule has 1 unspecified atom stereocenters. The third-order valence-corrected chi connectivity index (χ3v) is 10.9. The number of esters is 3. The summed E-state index contributed by atoms with van der Waals surface area (Å²) in [5.74, 6) is -3.41. The zero-order chi connectivity index (χ0) is 43.3. The lowest BCUT2D eigenvalue weighted by Gasteiger charge is -2.49. The van der Waals surface area contributed by atoms with E-state index < -0.39 is 129 Å². The molecule has 3 aliphatic heterocycles. The Labute approximate surface area is 339 Å². The second-order valence-corrected chi connectivity index (χ2v) is 15.8. The van der Waals surface area contributed by atoms with Gasteiger partial charge in [-0.05, 0) is 47.0 Å². The number of hydrogen-bond acceptors (Lipinski definition) is 19. The maximum Gasteiger partial charge on any atom is 0.311 e. The summed E-state index contributed by atoms with van der Waals surface area (Å²) in [6.07, 6.45) is -17.5. The molecule has 338 valence electrons. The van der Waals surface area contributed by atoms with Crippen LogP contribution in [0.15, 0.2) is 0 Å². The van der Waals surface area contributed by atoms with Gasteiger partial charge in [0.05, 0.1) is 30.3 Å². The molecule has 0 bridgehead atoms. The first-order valence-corrected chi connectivity index (χ1v) is 20.6. The van der Waals surface area contributed by atoms with Gasteiger partial charge >= 0.3 is 17.9 Å². The van der Waals surface area contributed by atoms with Crippen molar-refractivity contribution in [3.63, 3.8) is 0 Å². The third kappa shape index (κ3) is 14.5. The molecule has 19 heteroatoms. The second kappa shape index (κ2) is 24.4. The van der Waals surface area contributed by atoms with Crippen LogP contribution in [0.3, 0.4) is 0 Å². The van der Waals surface area contributed by atoms with Crippen LogP contribution in [-0.4, -0.2) is 170 Å². The molecule has 0 aromatic heterocycles. The van der Waals surface area contributed by atoms with Crippen molar-refractivity contribution >= 4 is 17.9 Å². The van der Waals surface area contributed by atoms with E-state index in [2.05, 4.69) is 0 Å². The van der Waals surface area contributed by atoms with E-state index in [9.17, 15) is 55.2 Å². The minimum Gasteiger partial charge on any atom is -0.463 e. The topological polar surface area (TPSA) is 287 Å². The Balaban J connectivity index is 1.85. The summed E-state index contributed by atoms with van der Waals surface area (Å²) in [4.78, 5) is 38.1. The van der Waals surface area contributed by atoms with Gasteiger partial charge in [0.2, 0.25) is 0 Å². The fourth-order valence-electron chi connectivity index (χ4n) is 7.03. The Morgan fingerprint density at radius 3 is 1.86 bits per heavy atom. The molecule has 3 aliphatic rings. The molecule has 3 fully saturated rings. The molecule has 0 spiro atoms. The van der Waals surface area contributed by atoms with Crippen LogP contribution in [0.5, 0.6) is 0 Å². The molecule has 3 saturated heterocycles. The molecule has 18 atom stereocenters. The van der Waals surface area contributed by atoms with Crippen LogP contribution in [0.25, 0.3) is 0 Å². The Hall–Kier alpha value is -2.11. The Bertz CT molecular complexity index is 1240. The molecule has 58 heavy (non-hydrogen) atoms. The molecule has 0 aromatic carbocycles. The van der Waals surface area contributed by atoms with Crippen molar-refractivity contribution in [2.75, 3.05) is 6.61 Å². The zero-order valence-electron chi connectivity index (χ0n) is 34.4. The van der Waals surface area contributed by atoms with Crippen LogP contribution in [0.2, 0.25) is 0 Å². The zero-order valence-corrected chi connectivity index (χ0v) is 34.4. The quantitative estimate of drug-likeness (QED) is 0.0399. The van der Waals surface area contributed by atoms with Gasteiger partial charge in [0.25, 0.3) is 0 Å². The monoisotopic (exact) mass is 840 g/mol. The maximum atomic E-state index is 13.5. The number of carbonyl (C=O) groups is 3. The highest BCUT2D eigenvalue weighted by Crippen LogP contribution is 2.35. The Kier molecular flexibility index (Phi) is 21.1. The number of ether oxygens (including phenoxy) is 8. The largest absolute Gasteiger partial charge is 0.463 e. The number of rotatable bonds is 22. The highest BCUT2D eigenvalue weighted by molar-refractivity contribution is 5.73. The summed E-state index contributed by atoms with van der Waals surface area (Å²) in [6.45, 7) is 8.30. The van der Waals surface area contributed by atoms with E-state index >= 15 is 0 Å². The lowest BCUT2D eigenvalue weighted by atomic mass is 9.96. The summed E-state index contributed by atoms with van der Waals surface area (Å²) >= 11 is 0. The average molecular weight is 841 g/mol. The smallest absolute Gasteiger partial charge is 0.311 e. The first kappa shape index (κ1) is 50.2. The van der Waals surface area contributed by atoms with E-state index in [4.69, 9.17) is 37.9 Å². The van der Waals surface area contributed by atoms with Crippen molar-refractivity contribution in [1.29, 1.82) is 0 Å². The highest BCUT2D eigenvalue weighted by atomic mass is 16.8. The molecule has 0 aliphatic carbocycles. The van der Waals surface area contributed by atoms with E-state index in [1.807, 2.05) is 6.92 Å². The van der Waals surface area contributed by atoms with Gasteiger partial charge in [-0.15, -0.1) is 0 Å². The number of unbranched alkanes of at least 4 members (excludes halogenated alkanes) is 6. The van der Waals surface area contributed by atoms with E-state index in [-0.39, 0.29) is 12.5 Å². The fraction of sp³-hybridized carbons (Fsp3) is 0.923. The van der Waals surface area contributed by atoms with E-state index in [0.717, 1.165) is 58.3 Å². The van der Waals surface area contributed by atoms with Gasteiger partial charge < -0.3 is 78.7 Å². The molecule has 0 saturated carbocycles. The summed E-state index contributed by atoms with van der Waals surface area (Å²) in [5, 5.41) is 84.6. The Morgan fingerprint density at radius 1 is 0.638 bits per heavy atom. The van der Waals surface area contributed by atoms with Crippen LogP contribution in [0.1, 0.15) is 112 Å². The van der Waals surface area contributed by atoms with Crippen molar-refractivity contribution in [1.82, 2.24) is 0 Å². The predicted octanol–water partition coefficient (Wildman–Crippen LogP) is -0.156. The number of aliphatic hydroxyl groups excluding tert-OH is 8. The van der Waals surface area contributed by atoms with Crippen molar-refractivity contribution in [2.45, 2.75) is 216 Å². The van der Waals surface area contributed by atoms with Crippen LogP contribution in [-0.2, 0) is 52.3 Å². The van der Waals surface area contributed by atoms with Gasteiger partial charge in [-0.1, -0.05) is 51.9 Å². The van der Waals surface area contributed by atoms with Crippen molar-refractivity contribution in [3.8, 4) is 0 Å². The van der Waals surface area contributed by atoms with Crippen LogP contribution < -0.4 is 0 Å². The third-order valence-electron chi connectivity index (χ3n) is 10.9. The first-order chi connectivity index (χ1) is 27.4. The molecular weight excluding hydrogens is 772 g/mol. The van der Waals surface area contributed by atoms with Gasteiger partial charge in [0.15, 0.2) is 31.1 Å². The van der Waals surface area contributed by atoms with E-state index in [1.54, 1.807) is 0 Å². The lowest BCUT2D eigenvalue weighted by Crippen LogP contribution is -2.67. The molecule has 19 nitrogen and oxygen atoms in total. The van der Waals surface area contributed by atoms with Gasteiger partial charge in [0.1, 0.15) is 55.4 Å². The highest BCUT2D eigenvalue weighted by Gasteiger charge is 2.56. The fourth-order valence-corrected chi connectivity index (χ4v) is 7.03. The summed E-state index contributed by atoms with van der Waals surface area (Å²) in [5.41, 5.74) is 0. The molecule has 0 radical (unpaired) electrons. The summed E-state index contributed by atoms with van der Waals surface area (Å²) in [7, 11) is 0. The van der Waals surface area contributed by atoms with Gasteiger partial charge in [-0.3, -0.25) is 14.4 Å². The average Bonchev–Trinajstić information content (AvgIpc) is 3.16. The molecular formula is C39H68O19.